The second-order valence-corrected chi connectivity index (χ2v) is 9.39. The standard InChI is InChI=1S/C32H39NO8/c1-3-38-29(35)19-28(34)32(36,37-2)31(41-23-26-17-11-6-12-18-26)30(40-22-25-15-9-5-10-16-25)27(20-33)39-21-24-13-7-4-8-14-24/h4-18,20,27-28,30-31,33-34,36H,3,19,21-23H2,1-2H3/t27-,28-,30+,31-,32-/m0/s1. The summed E-state index contributed by atoms with van der Waals surface area (Å²) in [5.74, 6) is -3.16. The molecule has 3 rings (SSSR count). The average Bonchev–Trinajstić information content (AvgIpc) is 3.01. The Morgan fingerprint density at radius 3 is 1.73 bits per heavy atom. The van der Waals surface area contributed by atoms with E-state index in [-0.39, 0.29) is 26.4 Å². The van der Waals surface area contributed by atoms with Gasteiger partial charge in [0, 0.05) is 13.3 Å². The van der Waals surface area contributed by atoms with Gasteiger partial charge in [-0.3, -0.25) is 4.79 Å². The molecular formula is C32H39NO8. The summed E-state index contributed by atoms with van der Waals surface area (Å²) in [5, 5.41) is 31.2. The largest absolute Gasteiger partial charge is 0.466 e. The summed E-state index contributed by atoms with van der Waals surface area (Å²) in [5.41, 5.74) is 2.49. The third kappa shape index (κ3) is 9.57. The van der Waals surface area contributed by atoms with Gasteiger partial charge < -0.3 is 39.3 Å². The van der Waals surface area contributed by atoms with Crippen LogP contribution in [0.3, 0.4) is 0 Å². The molecule has 0 unspecified atom stereocenters. The van der Waals surface area contributed by atoms with E-state index in [1.54, 1.807) is 6.92 Å². The van der Waals surface area contributed by atoms with Crippen LogP contribution in [-0.2, 0) is 48.3 Å². The van der Waals surface area contributed by atoms with E-state index < -0.39 is 42.6 Å². The van der Waals surface area contributed by atoms with Crippen molar-refractivity contribution in [2.45, 2.75) is 63.4 Å². The summed E-state index contributed by atoms with van der Waals surface area (Å²) < 4.78 is 29.1. The molecule has 3 aromatic carbocycles. The van der Waals surface area contributed by atoms with Gasteiger partial charge in [-0.15, -0.1) is 0 Å². The van der Waals surface area contributed by atoms with Crippen molar-refractivity contribution in [2.24, 2.45) is 0 Å². The second-order valence-electron chi connectivity index (χ2n) is 9.39. The molecule has 0 aliphatic carbocycles. The van der Waals surface area contributed by atoms with Crippen LogP contribution in [0.1, 0.15) is 30.0 Å². The number of carbonyl (C=O) groups is 1. The SMILES string of the molecule is CCOC(=O)C[C@H](O)[C@](O)(OC)[C@@H](OCc1ccccc1)[C@H](OCc1ccccc1)[C@H](C=N)OCc1ccccc1. The predicted octanol–water partition coefficient (Wildman–Crippen LogP) is 4.04. The second kappa shape index (κ2) is 16.7. The number of aliphatic hydroxyl groups excluding tert-OH is 1. The third-order valence-electron chi connectivity index (χ3n) is 6.51. The molecule has 0 heterocycles. The van der Waals surface area contributed by atoms with Crippen molar-refractivity contribution in [1.82, 2.24) is 0 Å². The van der Waals surface area contributed by atoms with Gasteiger partial charge in [-0.25, -0.2) is 0 Å². The molecule has 5 atom stereocenters. The number of hydrogen-bond acceptors (Lipinski definition) is 9. The summed E-state index contributed by atoms with van der Waals surface area (Å²) in [4.78, 5) is 12.3. The van der Waals surface area contributed by atoms with Crippen LogP contribution < -0.4 is 0 Å². The first-order valence-electron chi connectivity index (χ1n) is 13.5. The maximum atomic E-state index is 12.3. The molecule has 220 valence electrons. The number of benzene rings is 3. The maximum Gasteiger partial charge on any atom is 0.308 e. The fourth-order valence-corrected chi connectivity index (χ4v) is 4.30. The molecule has 3 aromatic rings. The highest BCUT2D eigenvalue weighted by Gasteiger charge is 2.52. The lowest BCUT2D eigenvalue weighted by Crippen LogP contribution is -2.62. The van der Waals surface area contributed by atoms with Crippen molar-refractivity contribution in [2.75, 3.05) is 13.7 Å². The Hall–Kier alpha value is -3.44. The van der Waals surface area contributed by atoms with Crippen LogP contribution in [0.5, 0.6) is 0 Å². The van der Waals surface area contributed by atoms with Gasteiger partial charge in [-0.05, 0) is 23.6 Å². The van der Waals surface area contributed by atoms with E-state index in [1.165, 1.54) is 7.11 Å². The number of rotatable bonds is 18. The molecule has 9 nitrogen and oxygen atoms in total. The van der Waals surface area contributed by atoms with Crippen LogP contribution >= 0.6 is 0 Å². The molecule has 0 bridgehead atoms. The van der Waals surface area contributed by atoms with E-state index in [9.17, 15) is 15.0 Å². The average molecular weight is 566 g/mol. The maximum absolute atomic E-state index is 12.3. The van der Waals surface area contributed by atoms with Crippen molar-refractivity contribution >= 4 is 12.2 Å². The molecule has 0 aliphatic heterocycles. The molecule has 41 heavy (non-hydrogen) atoms. The summed E-state index contributed by atoms with van der Waals surface area (Å²) in [6.07, 6.45) is -4.85. The molecule has 9 heteroatoms. The Labute approximate surface area is 241 Å². The number of aliphatic hydroxyl groups is 2. The Morgan fingerprint density at radius 2 is 1.29 bits per heavy atom. The zero-order valence-corrected chi connectivity index (χ0v) is 23.4. The molecule has 0 spiro atoms. The van der Waals surface area contributed by atoms with Crippen LogP contribution in [-0.4, -0.2) is 66.3 Å². The monoisotopic (exact) mass is 565 g/mol. The number of hydrogen-bond donors (Lipinski definition) is 3. The summed E-state index contributed by atoms with van der Waals surface area (Å²) >= 11 is 0. The fourth-order valence-electron chi connectivity index (χ4n) is 4.30. The zero-order valence-electron chi connectivity index (χ0n) is 23.4. The first kappa shape index (κ1) is 32.1. The van der Waals surface area contributed by atoms with Crippen molar-refractivity contribution < 1.29 is 38.7 Å². The van der Waals surface area contributed by atoms with Gasteiger partial charge in [-0.1, -0.05) is 91.0 Å². The van der Waals surface area contributed by atoms with Crippen LogP contribution in [0.4, 0.5) is 0 Å². The molecule has 0 saturated carbocycles. The molecular weight excluding hydrogens is 526 g/mol. The smallest absolute Gasteiger partial charge is 0.308 e. The van der Waals surface area contributed by atoms with Crippen LogP contribution in [0.25, 0.3) is 0 Å². The lowest BCUT2D eigenvalue weighted by Gasteiger charge is -2.42. The molecule has 0 aromatic heterocycles. The van der Waals surface area contributed by atoms with E-state index in [2.05, 4.69) is 0 Å². The quantitative estimate of drug-likeness (QED) is 0.120. The molecule has 0 fully saturated rings. The van der Waals surface area contributed by atoms with E-state index in [1.807, 2.05) is 91.0 Å². The Balaban J connectivity index is 1.99. The van der Waals surface area contributed by atoms with E-state index in [0.29, 0.717) is 0 Å². The summed E-state index contributed by atoms with van der Waals surface area (Å²) in [6.45, 7) is 2.00. The fraction of sp³-hybridized carbons (Fsp3) is 0.375. The predicted molar refractivity (Wildman–Crippen MR) is 153 cm³/mol. The minimum absolute atomic E-state index is 0.0118. The van der Waals surface area contributed by atoms with Gasteiger partial charge >= 0.3 is 5.97 Å². The minimum Gasteiger partial charge on any atom is -0.466 e. The van der Waals surface area contributed by atoms with E-state index in [4.69, 9.17) is 29.1 Å². The highest BCUT2D eigenvalue weighted by Crippen LogP contribution is 2.30. The van der Waals surface area contributed by atoms with Gasteiger partial charge in [0.1, 0.15) is 24.4 Å². The highest BCUT2D eigenvalue weighted by atomic mass is 16.7. The van der Waals surface area contributed by atoms with Gasteiger partial charge in [0.2, 0.25) is 5.79 Å². The first-order chi connectivity index (χ1) is 19.9. The van der Waals surface area contributed by atoms with Crippen LogP contribution in [0.2, 0.25) is 0 Å². The molecule has 0 aliphatic rings. The van der Waals surface area contributed by atoms with Gasteiger partial charge in [0.15, 0.2) is 0 Å². The molecule has 0 amide bonds. The Bertz CT molecular complexity index is 1160. The van der Waals surface area contributed by atoms with E-state index in [0.717, 1.165) is 22.9 Å². The number of carbonyl (C=O) groups excluding carboxylic acids is 1. The molecule has 0 radical (unpaired) electrons. The number of nitrogens with one attached hydrogen (secondary N) is 1. The van der Waals surface area contributed by atoms with Crippen LogP contribution in [0, 0.1) is 5.41 Å². The number of esters is 1. The minimum atomic E-state index is -2.44. The topological polar surface area (TPSA) is 128 Å². The van der Waals surface area contributed by atoms with Crippen molar-refractivity contribution in [3.8, 4) is 0 Å². The normalized spacial score (nSPS) is 15.7. The highest BCUT2D eigenvalue weighted by molar-refractivity contribution is 5.70. The van der Waals surface area contributed by atoms with Crippen LogP contribution in [0.15, 0.2) is 91.0 Å². The lowest BCUT2D eigenvalue weighted by molar-refractivity contribution is -0.324. The van der Waals surface area contributed by atoms with Gasteiger partial charge in [-0.2, -0.15) is 0 Å². The van der Waals surface area contributed by atoms with Crippen molar-refractivity contribution in [3.05, 3.63) is 108 Å². The van der Waals surface area contributed by atoms with Gasteiger partial charge in [0.25, 0.3) is 0 Å². The Kier molecular flexibility index (Phi) is 13.1. The van der Waals surface area contributed by atoms with Gasteiger partial charge in [0.05, 0.1) is 32.8 Å². The van der Waals surface area contributed by atoms with E-state index >= 15 is 0 Å². The zero-order chi connectivity index (χ0) is 29.5. The summed E-state index contributed by atoms with van der Waals surface area (Å²) in [7, 11) is 1.20. The number of methoxy groups -OCH3 is 1. The summed E-state index contributed by atoms with van der Waals surface area (Å²) in [6, 6.07) is 28.0. The van der Waals surface area contributed by atoms with Crippen molar-refractivity contribution in [3.63, 3.8) is 0 Å². The molecule has 3 N–H and O–H groups in total. The lowest BCUT2D eigenvalue weighted by atomic mass is 9.93. The van der Waals surface area contributed by atoms with Crippen molar-refractivity contribution in [1.29, 1.82) is 5.41 Å². The Morgan fingerprint density at radius 1 is 0.829 bits per heavy atom. The molecule has 0 saturated heterocycles. The first-order valence-corrected chi connectivity index (χ1v) is 13.5. The number of ether oxygens (including phenoxy) is 5. The third-order valence-corrected chi connectivity index (χ3v) is 6.51.